The molecule has 0 saturated carbocycles. The molecular weight excluding hydrogens is 564 g/mol. The maximum Gasteiger partial charge on any atom is 0.238 e. The number of anilines is 3. The Morgan fingerprint density at radius 2 is 1.15 bits per heavy atom. The maximum absolute atomic E-state index is 6.45. The third-order valence-corrected chi connectivity index (χ3v) is 9.04. The lowest BCUT2D eigenvalue weighted by Crippen LogP contribution is -2.19. The summed E-state index contributed by atoms with van der Waals surface area (Å²) in [6.45, 7) is 0. The number of hydrogen-bond acceptors (Lipinski definition) is 5. The highest BCUT2D eigenvalue weighted by Gasteiger charge is 2.30. The monoisotopic (exact) mass is 588 g/mol. The van der Waals surface area contributed by atoms with Crippen molar-refractivity contribution in [2.75, 3.05) is 4.90 Å². The average molecular weight is 589 g/mol. The van der Waals surface area contributed by atoms with Crippen molar-refractivity contribution in [3.8, 4) is 33.9 Å². The van der Waals surface area contributed by atoms with E-state index in [0.717, 1.165) is 44.4 Å². The van der Waals surface area contributed by atoms with E-state index in [9.17, 15) is 0 Å². The summed E-state index contributed by atoms with van der Waals surface area (Å²) >= 11 is 0. The van der Waals surface area contributed by atoms with Crippen LogP contribution in [0.3, 0.4) is 0 Å². The molecule has 3 heterocycles. The molecule has 214 valence electrons. The van der Waals surface area contributed by atoms with Gasteiger partial charge in [-0.25, -0.2) is 4.98 Å². The predicted molar refractivity (Wildman–Crippen MR) is 187 cm³/mol. The van der Waals surface area contributed by atoms with Crippen molar-refractivity contribution < 1.29 is 4.42 Å². The van der Waals surface area contributed by atoms with Crippen LogP contribution in [0.4, 0.5) is 17.3 Å². The molecule has 0 spiro atoms. The molecule has 5 heteroatoms. The Balaban J connectivity index is 1.30. The molecule has 46 heavy (non-hydrogen) atoms. The zero-order valence-electron chi connectivity index (χ0n) is 24.6. The summed E-state index contributed by atoms with van der Waals surface area (Å²) in [6.07, 6.45) is 0. The molecule has 9 aromatic rings. The first-order valence-electron chi connectivity index (χ1n) is 15.4. The summed E-state index contributed by atoms with van der Waals surface area (Å²) in [5.74, 6) is 1.71. The Morgan fingerprint density at radius 3 is 2.07 bits per heavy atom. The quantitative estimate of drug-likeness (QED) is 0.205. The predicted octanol–water partition coefficient (Wildman–Crippen LogP) is 10.9. The Kier molecular flexibility index (Phi) is 5.22. The Bertz CT molecular complexity index is 2650. The van der Waals surface area contributed by atoms with Gasteiger partial charge in [-0.15, -0.1) is 0 Å². The fourth-order valence-electron chi connectivity index (χ4n) is 7.02. The number of furan rings is 1. The van der Waals surface area contributed by atoms with Gasteiger partial charge in [-0.1, -0.05) is 121 Å². The smallest absolute Gasteiger partial charge is 0.238 e. The third kappa shape index (κ3) is 3.60. The zero-order chi connectivity index (χ0) is 30.2. The van der Waals surface area contributed by atoms with Crippen LogP contribution in [0.2, 0.25) is 0 Å². The molecule has 0 fully saturated rings. The summed E-state index contributed by atoms with van der Waals surface area (Å²) in [5.41, 5.74) is 7.78. The molecule has 10 rings (SSSR count). The van der Waals surface area contributed by atoms with Gasteiger partial charge in [0.2, 0.25) is 5.95 Å². The molecule has 0 aliphatic carbocycles. The lowest BCUT2D eigenvalue weighted by Gasteiger charge is -2.32. The van der Waals surface area contributed by atoms with Gasteiger partial charge < -0.3 is 4.42 Å². The minimum Gasteiger partial charge on any atom is -0.455 e. The van der Waals surface area contributed by atoms with Crippen molar-refractivity contribution in [3.63, 3.8) is 0 Å². The number of aromatic nitrogens is 3. The molecule has 1 aliphatic rings. The van der Waals surface area contributed by atoms with Gasteiger partial charge in [0.25, 0.3) is 0 Å². The lowest BCUT2D eigenvalue weighted by molar-refractivity contribution is 0.669. The normalized spacial score (nSPS) is 12.3. The van der Waals surface area contributed by atoms with Gasteiger partial charge in [-0.2, -0.15) is 9.97 Å². The molecule has 0 atom stereocenters. The van der Waals surface area contributed by atoms with E-state index < -0.39 is 0 Å². The molecule has 0 amide bonds. The number of rotatable bonds is 3. The molecular formula is C41H24N4O. The minimum atomic E-state index is 0.551. The van der Waals surface area contributed by atoms with E-state index >= 15 is 0 Å². The van der Waals surface area contributed by atoms with Gasteiger partial charge in [-0.05, 0) is 46.0 Å². The van der Waals surface area contributed by atoms with Crippen LogP contribution >= 0.6 is 0 Å². The Hall–Kier alpha value is -6.33. The van der Waals surface area contributed by atoms with Crippen LogP contribution in [0.5, 0.6) is 0 Å². The molecule has 0 N–H and O–H groups in total. The second-order valence-electron chi connectivity index (χ2n) is 11.6. The summed E-state index contributed by atoms with van der Waals surface area (Å²) in [4.78, 5) is 17.7. The first-order chi connectivity index (χ1) is 22.8. The number of benzene rings is 7. The fraction of sp³-hybridized carbons (Fsp3) is 0. The second-order valence-corrected chi connectivity index (χ2v) is 11.6. The zero-order valence-corrected chi connectivity index (χ0v) is 24.6. The van der Waals surface area contributed by atoms with Crippen LogP contribution in [0.15, 0.2) is 150 Å². The van der Waals surface area contributed by atoms with Crippen molar-refractivity contribution in [3.05, 3.63) is 146 Å². The largest absolute Gasteiger partial charge is 0.455 e. The number of para-hydroxylation sites is 2. The van der Waals surface area contributed by atoms with E-state index in [2.05, 4.69) is 89.8 Å². The highest BCUT2D eigenvalue weighted by molar-refractivity contribution is 6.19. The van der Waals surface area contributed by atoms with E-state index in [1.54, 1.807) is 0 Å². The van der Waals surface area contributed by atoms with Gasteiger partial charge in [0.05, 0.1) is 16.9 Å². The topological polar surface area (TPSA) is 55.1 Å². The fourth-order valence-corrected chi connectivity index (χ4v) is 7.02. The van der Waals surface area contributed by atoms with Crippen molar-refractivity contribution in [1.29, 1.82) is 0 Å². The van der Waals surface area contributed by atoms with Crippen molar-refractivity contribution in [2.45, 2.75) is 0 Å². The standard InChI is InChI=1S/C41H24N4O/c1-2-12-27(13-3-1)39-42-40(32-20-10-18-30-29-17-6-7-22-35(29)46-38(30)32)44-41(43-39)45-33-21-9-15-26-14-8-19-31(36(26)33)37-28-16-5-4-11-25(28)23-24-34(37)45/h1-24H. The average Bonchev–Trinajstić information content (AvgIpc) is 3.51. The highest BCUT2D eigenvalue weighted by atomic mass is 16.3. The SMILES string of the molecule is c1ccc(-c2nc(-c3cccc4c3oc3ccccc34)nc(N3c4ccc5ccccc5c4-c4cccc5cccc3c45)n2)cc1. The Labute approximate surface area is 264 Å². The summed E-state index contributed by atoms with van der Waals surface area (Å²) in [6, 6.07) is 50.3. The molecule has 5 nitrogen and oxygen atoms in total. The molecule has 0 bridgehead atoms. The first kappa shape index (κ1) is 25.0. The van der Waals surface area contributed by atoms with E-state index in [1.807, 2.05) is 60.7 Å². The van der Waals surface area contributed by atoms with E-state index in [-0.39, 0.29) is 0 Å². The Morgan fingerprint density at radius 1 is 0.457 bits per heavy atom. The minimum absolute atomic E-state index is 0.551. The van der Waals surface area contributed by atoms with Crippen LogP contribution in [0.1, 0.15) is 0 Å². The van der Waals surface area contributed by atoms with E-state index in [4.69, 9.17) is 19.4 Å². The molecule has 1 aliphatic heterocycles. The molecule has 7 aromatic carbocycles. The van der Waals surface area contributed by atoms with Crippen molar-refractivity contribution in [1.82, 2.24) is 15.0 Å². The molecule has 0 radical (unpaired) electrons. The maximum atomic E-state index is 6.45. The molecule has 2 aromatic heterocycles. The van der Waals surface area contributed by atoms with Gasteiger partial charge in [0.15, 0.2) is 11.6 Å². The van der Waals surface area contributed by atoms with Gasteiger partial charge in [0, 0.05) is 27.3 Å². The lowest BCUT2D eigenvalue weighted by atomic mass is 9.88. The van der Waals surface area contributed by atoms with Gasteiger partial charge in [-0.3, -0.25) is 4.90 Å². The molecule has 0 saturated heterocycles. The summed E-state index contributed by atoms with van der Waals surface area (Å²) in [7, 11) is 0. The second kappa shape index (κ2) is 9.58. The summed E-state index contributed by atoms with van der Waals surface area (Å²) < 4.78 is 6.45. The summed E-state index contributed by atoms with van der Waals surface area (Å²) in [5, 5.41) is 6.83. The van der Waals surface area contributed by atoms with Crippen LogP contribution in [0, 0.1) is 0 Å². The van der Waals surface area contributed by atoms with E-state index in [0.29, 0.717) is 17.6 Å². The van der Waals surface area contributed by atoms with Crippen molar-refractivity contribution >= 4 is 60.8 Å². The van der Waals surface area contributed by atoms with E-state index in [1.165, 1.54) is 32.7 Å². The van der Waals surface area contributed by atoms with Crippen molar-refractivity contribution in [2.24, 2.45) is 0 Å². The number of fused-ring (bicyclic) bond motifs is 7. The van der Waals surface area contributed by atoms with Crippen LogP contribution in [0.25, 0.3) is 77.4 Å². The van der Waals surface area contributed by atoms with Gasteiger partial charge >= 0.3 is 0 Å². The third-order valence-electron chi connectivity index (χ3n) is 9.04. The first-order valence-corrected chi connectivity index (χ1v) is 15.4. The number of hydrogen-bond donors (Lipinski definition) is 0. The highest BCUT2D eigenvalue weighted by Crippen LogP contribution is 2.52. The van der Waals surface area contributed by atoms with Crippen LogP contribution in [-0.4, -0.2) is 15.0 Å². The van der Waals surface area contributed by atoms with Gasteiger partial charge in [0.1, 0.15) is 11.2 Å². The molecule has 0 unspecified atom stereocenters. The van der Waals surface area contributed by atoms with Crippen LogP contribution in [-0.2, 0) is 0 Å². The van der Waals surface area contributed by atoms with Crippen LogP contribution < -0.4 is 4.90 Å². The number of nitrogens with zero attached hydrogens (tertiary/aromatic N) is 4.